The molecule has 2 aromatic heterocycles. The van der Waals surface area contributed by atoms with E-state index in [1.54, 1.807) is 0 Å². The molecule has 1 aromatic carbocycles. The van der Waals surface area contributed by atoms with Gasteiger partial charge < -0.3 is 9.32 Å². The van der Waals surface area contributed by atoms with E-state index in [1.807, 2.05) is 31.2 Å². The molecule has 1 fully saturated rings. The number of para-hydroxylation sites is 2. The molecule has 22 heavy (non-hydrogen) atoms. The van der Waals surface area contributed by atoms with Crippen LogP contribution in [0, 0.1) is 13.8 Å². The van der Waals surface area contributed by atoms with Gasteiger partial charge in [-0.1, -0.05) is 12.1 Å². The van der Waals surface area contributed by atoms with Crippen LogP contribution in [0.1, 0.15) is 24.2 Å². The first kappa shape index (κ1) is 13.4. The quantitative estimate of drug-likeness (QED) is 0.744. The molecule has 1 saturated heterocycles. The minimum Gasteiger partial charge on any atom is -0.423 e. The third-order valence-electron chi connectivity index (χ3n) is 4.39. The van der Waals surface area contributed by atoms with E-state index in [4.69, 9.17) is 4.42 Å². The Labute approximate surface area is 129 Å². The number of anilines is 1. The fourth-order valence-electron chi connectivity index (χ4n) is 3.32. The highest BCUT2D eigenvalue weighted by molar-refractivity contribution is 5.74. The molecule has 0 amide bonds. The van der Waals surface area contributed by atoms with Gasteiger partial charge in [-0.3, -0.25) is 4.68 Å². The van der Waals surface area contributed by atoms with Crippen LogP contribution in [0.2, 0.25) is 0 Å². The largest absolute Gasteiger partial charge is 0.423 e. The van der Waals surface area contributed by atoms with Crippen molar-refractivity contribution in [3.8, 4) is 0 Å². The van der Waals surface area contributed by atoms with Gasteiger partial charge in [0, 0.05) is 12.2 Å². The second-order valence-electron chi connectivity index (χ2n) is 6.06. The van der Waals surface area contributed by atoms with E-state index in [9.17, 15) is 0 Å². The van der Waals surface area contributed by atoms with Crippen molar-refractivity contribution < 1.29 is 4.42 Å². The summed E-state index contributed by atoms with van der Waals surface area (Å²) in [4.78, 5) is 6.93. The fraction of sp³-hybridized carbons (Fsp3) is 0.412. The molecular weight excluding hydrogens is 276 g/mol. The van der Waals surface area contributed by atoms with Crippen molar-refractivity contribution in [1.82, 2.24) is 14.8 Å². The molecule has 5 nitrogen and oxygen atoms in total. The Morgan fingerprint density at radius 1 is 1.27 bits per heavy atom. The molecule has 0 unspecified atom stereocenters. The van der Waals surface area contributed by atoms with Crippen LogP contribution in [0.15, 0.2) is 34.7 Å². The maximum absolute atomic E-state index is 5.94. The lowest BCUT2D eigenvalue weighted by Crippen LogP contribution is -2.33. The van der Waals surface area contributed by atoms with Crippen LogP contribution in [-0.4, -0.2) is 27.4 Å². The number of hydrogen-bond donors (Lipinski definition) is 0. The molecule has 1 aliphatic heterocycles. The first-order valence-corrected chi connectivity index (χ1v) is 7.84. The van der Waals surface area contributed by atoms with Gasteiger partial charge in [-0.25, -0.2) is 0 Å². The Kier molecular flexibility index (Phi) is 3.13. The monoisotopic (exact) mass is 296 g/mol. The maximum Gasteiger partial charge on any atom is 0.298 e. The van der Waals surface area contributed by atoms with E-state index in [0.29, 0.717) is 6.04 Å². The van der Waals surface area contributed by atoms with Crippen molar-refractivity contribution in [2.24, 2.45) is 0 Å². The van der Waals surface area contributed by atoms with Crippen LogP contribution in [0.5, 0.6) is 0 Å². The second-order valence-corrected chi connectivity index (χ2v) is 6.06. The van der Waals surface area contributed by atoms with E-state index in [-0.39, 0.29) is 0 Å². The van der Waals surface area contributed by atoms with Crippen molar-refractivity contribution in [2.75, 3.05) is 11.4 Å². The number of rotatable bonds is 3. The van der Waals surface area contributed by atoms with Gasteiger partial charge in [0.25, 0.3) is 6.01 Å². The minimum atomic E-state index is 0.395. The summed E-state index contributed by atoms with van der Waals surface area (Å²) in [5.74, 6) is 0. The lowest BCUT2D eigenvalue weighted by Gasteiger charge is -2.23. The number of aryl methyl sites for hydroxylation is 2. The summed E-state index contributed by atoms with van der Waals surface area (Å²) in [6.45, 7) is 6.03. The molecule has 5 heteroatoms. The summed E-state index contributed by atoms with van der Waals surface area (Å²) in [5, 5.41) is 4.58. The molecule has 114 valence electrons. The van der Waals surface area contributed by atoms with Gasteiger partial charge in [-0.2, -0.15) is 10.1 Å². The smallest absolute Gasteiger partial charge is 0.298 e. The molecule has 3 aromatic rings. The van der Waals surface area contributed by atoms with Gasteiger partial charge in [-0.15, -0.1) is 0 Å². The van der Waals surface area contributed by atoms with Crippen LogP contribution in [-0.2, 0) is 6.54 Å². The zero-order chi connectivity index (χ0) is 15.1. The predicted octanol–water partition coefficient (Wildman–Crippen LogP) is 3.31. The number of benzene rings is 1. The van der Waals surface area contributed by atoms with Crippen LogP contribution in [0.3, 0.4) is 0 Å². The normalized spacial score (nSPS) is 18.5. The van der Waals surface area contributed by atoms with Gasteiger partial charge in [0.15, 0.2) is 5.58 Å². The summed E-state index contributed by atoms with van der Waals surface area (Å²) in [7, 11) is 0. The van der Waals surface area contributed by atoms with E-state index in [2.05, 4.69) is 32.7 Å². The molecule has 0 saturated carbocycles. The highest BCUT2D eigenvalue weighted by Gasteiger charge is 2.29. The zero-order valence-corrected chi connectivity index (χ0v) is 13.0. The Balaban J connectivity index is 1.61. The molecule has 1 aliphatic rings. The van der Waals surface area contributed by atoms with E-state index >= 15 is 0 Å². The van der Waals surface area contributed by atoms with Crippen LogP contribution in [0.25, 0.3) is 11.1 Å². The molecule has 0 spiro atoms. The molecule has 4 rings (SSSR count). The van der Waals surface area contributed by atoms with Crippen molar-refractivity contribution in [1.29, 1.82) is 0 Å². The van der Waals surface area contributed by atoms with E-state index in [0.717, 1.165) is 42.3 Å². The molecule has 3 heterocycles. The lowest BCUT2D eigenvalue weighted by atomic mass is 10.2. The predicted molar refractivity (Wildman–Crippen MR) is 86.1 cm³/mol. The maximum atomic E-state index is 5.94. The van der Waals surface area contributed by atoms with E-state index in [1.165, 1.54) is 12.1 Å². The third kappa shape index (κ3) is 2.26. The second kappa shape index (κ2) is 5.16. The topological polar surface area (TPSA) is 47.1 Å². The van der Waals surface area contributed by atoms with Crippen molar-refractivity contribution in [3.05, 3.63) is 41.7 Å². The first-order valence-electron chi connectivity index (χ1n) is 7.84. The number of nitrogens with zero attached hydrogens (tertiary/aromatic N) is 4. The fourth-order valence-corrected chi connectivity index (χ4v) is 3.32. The minimum absolute atomic E-state index is 0.395. The molecular formula is C17H20N4O. The molecule has 0 bridgehead atoms. The van der Waals surface area contributed by atoms with Crippen molar-refractivity contribution in [3.63, 3.8) is 0 Å². The summed E-state index contributed by atoms with van der Waals surface area (Å²) >= 11 is 0. The Morgan fingerprint density at radius 3 is 2.91 bits per heavy atom. The first-order chi connectivity index (χ1) is 10.7. The lowest BCUT2D eigenvalue weighted by molar-refractivity contribution is 0.472. The van der Waals surface area contributed by atoms with E-state index < -0.39 is 0 Å². The Hall–Kier alpha value is -2.30. The van der Waals surface area contributed by atoms with Crippen LogP contribution >= 0.6 is 0 Å². The van der Waals surface area contributed by atoms with Crippen LogP contribution < -0.4 is 4.90 Å². The molecule has 0 radical (unpaired) electrons. The number of oxazole rings is 1. The van der Waals surface area contributed by atoms with Gasteiger partial charge in [0.1, 0.15) is 5.52 Å². The number of hydrogen-bond acceptors (Lipinski definition) is 4. The number of aromatic nitrogens is 3. The Morgan fingerprint density at radius 2 is 2.14 bits per heavy atom. The molecule has 0 N–H and O–H groups in total. The van der Waals surface area contributed by atoms with Gasteiger partial charge in [0.05, 0.1) is 18.3 Å². The summed E-state index contributed by atoms with van der Waals surface area (Å²) in [6.07, 6.45) is 2.32. The Bertz CT molecular complexity index is 771. The molecule has 1 atom stereocenters. The van der Waals surface area contributed by atoms with Crippen molar-refractivity contribution in [2.45, 2.75) is 39.3 Å². The SMILES string of the molecule is Cc1cc(C)n(C[C@@H]2CCCN2c2nc3ccccc3o2)n1. The average molecular weight is 296 g/mol. The third-order valence-corrected chi connectivity index (χ3v) is 4.39. The van der Waals surface area contributed by atoms with Gasteiger partial charge in [-0.05, 0) is 44.9 Å². The summed E-state index contributed by atoms with van der Waals surface area (Å²) in [5.41, 5.74) is 4.06. The zero-order valence-electron chi connectivity index (χ0n) is 13.0. The van der Waals surface area contributed by atoms with Gasteiger partial charge in [0.2, 0.25) is 0 Å². The standard InChI is InChI=1S/C17H20N4O/c1-12-10-13(2)21(19-12)11-14-6-5-9-20(14)17-18-15-7-3-4-8-16(15)22-17/h3-4,7-8,10,14H,5-6,9,11H2,1-2H3/t14-/m0/s1. The highest BCUT2D eigenvalue weighted by Crippen LogP contribution is 2.29. The summed E-state index contributed by atoms with van der Waals surface area (Å²) in [6, 6.07) is 11.2. The summed E-state index contributed by atoms with van der Waals surface area (Å²) < 4.78 is 8.04. The van der Waals surface area contributed by atoms with Crippen LogP contribution in [0.4, 0.5) is 6.01 Å². The van der Waals surface area contributed by atoms with Crippen molar-refractivity contribution >= 4 is 17.1 Å². The molecule has 0 aliphatic carbocycles. The number of fused-ring (bicyclic) bond motifs is 1. The van der Waals surface area contributed by atoms with Gasteiger partial charge >= 0.3 is 0 Å². The average Bonchev–Trinajstić information content (AvgIpc) is 3.18. The highest BCUT2D eigenvalue weighted by atomic mass is 16.4.